The fourth-order valence-electron chi connectivity index (χ4n) is 1.90. The van der Waals surface area contributed by atoms with Crippen molar-refractivity contribution in [2.75, 3.05) is 13.7 Å². The maximum atomic E-state index is 11.9. The highest BCUT2D eigenvalue weighted by Gasteiger charge is 2.19. The number of benzene rings is 1. The van der Waals surface area contributed by atoms with Gasteiger partial charge in [0, 0.05) is 0 Å². The summed E-state index contributed by atoms with van der Waals surface area (Å²) in [5.41, 5.74) is 1.02. The maximum absolute atomic E-state index is 11.9. The number of carbonyl (C=O) groups is 1. The van der Waals surface area contributed by atoms with Gasteiger partial charge in [-0.25, -0.2) is 4.79 Å². The van der Waals surface area contributed by atoms with Gasteiger partial charge in [-0.05, 0) is 30.5 Å². The zero-order valence-corrected chi connectivity index (χ0v) is 12.5. The van der Waals surface area contributed by atoms with Crippen molar-refractivity contribution in [1.29, 1.82) is 0 Å². The van der Waals surface area contributed by atoms with Gasteiger partial charge in [0.15, 0.2) is 0 Å². The van der Waals surface area contributed by atoms with Gasteiger partial charge in [0.2, 0.25) is 0 Å². The second-order valence-corrected chi connectivity index (χ2v) is 5.20. The molecule has 0 fully saturated rings. The van der Waals surface area contributed by atoms with Gasteiger partial charge in [0.25, 0.3) is 0 Å². The van der Waals surface area contributed by atoms with Crippen molar-refractivity contribution in [2.24, 2.45) is 5.92 Å². The minimum absolute atomic E-state index is 0.0811. The zero-order chi connectivity index (χ0) is 15.1. The van der Waals surface area contributed by atoms with Crippen LogP contribution in [0.1, 0.15) is 32.4 Å². The van der Waals surface area contributed by atoms with Crippen molar-refractivity contribution in [2.45, 2.75) is 32.9 Å². The molecule has 0 aliphatic carbocycles. The number of hydrogen-bond acceptors (Lipinski definition) is 3. The van der Waals surface area contributed by atoms with Crippen molar-refractivity contribution < 1.29 is 14.6 Å². The van der Waals surface area contributed by atoms with Gasteiger partial charge in [-0.2, -0.15) is 0 Å². The van der Waals surface area contributed by atoms with Crippen molar-refractivity contribution >= 4 is 6.03 Å². The molecular formula is C15H24N2O3. The Morgan fingerprint density at radius 2 is 1.80 bits per heavy atom. The molecule has 0 saturated carbocycles. The minimum atomic E-state index is -0.277. The number of carbonyl (C=O) groups excluding carboxylic acids is 1. The van der Waals surface area contributed by atoms with Crippen LogP contribution in [-0.2, 0) is 0 Å². The fraction of sp³-hybridized carbons (Fsp3) is 0.533. The van der Waals surface area contributed by atoms with Crippen LogP contribution in [0.15, 0.2) is 24.3 Å². The first kappa shape index (κ1) is 16.3. The number of aliphatic hydroxyl groups is 1. The highest BCUT2D eigenvalue weighted by Crippen LogP contribution is 2.23. The van der Waals surface area contributed by atoms with Crippen LogP contribution in [0.2, 0.25) is 0 Å². The average molecular weight is 280 g/mol. The molecule has 0 spiro atoms. The number of aliphatic hydroxyl groups excluding tert-OH is 1. The van der Waals surface area contributed by atoms with Crippen LogP contribution < -0.4 is 15.4 Å². The third kappa shape index (κ3) is 4.74. The maximum Gasteiger partial charge on any atom is 0.315 e. The number of hydrogen-bond donors (Lipinski definition) is 3. The Kier molecular flexibility index (Phi) is 6.31. The smallest absolute Gasteiger partial charge is 0.315 e. The van der Waals surface area contributed by atoms with Crippen LogP contribution in [0, 0.1) is 5.92 Å². The van der Waals surface area contributed by atoms with Crippen LogP contribution in [0.3, 0.4) is 0 Å². The van der Waals surface area contributed by atoms with Crippen molar-refractivity contribution in [3.8, 4) is 5.75 Å². The Balaban J connectivity index is 2.75. The predicted octanol–water partition coefficient (Wildman–Crippen LogP) is 2.07. The molecule has 2 atom stereocenters. The molecule has 1 rings (SSSR count). The lowest BCUT2D eigenvalue weighted by molar-refractivity contribution is 0.214. The molecule has 0 bridgehead atoms. The van der Waals surface area contributed by atoms with Crippen LogP contribution in [0.5, 0.6) is 5.75 Å². The molecule has 5 nitrogen and oxygen atoms in total. The molecule has 1 aromatic rings. The Morgan fingerprint density at radius 3 is 2.25 bits per heavy atom. The van der Waals surface area contributed by atoms with Crippen LogP contribution in [0.25, 0.3) is 0 Å². The molecule has 0 saturated heterocycles. The number of ether oxygens (including phenoxy) is 1. The topological polar surface area (TPSA) is 70.6 Å². The Hall–Kier alpha value is -1.75. The third-order valence-electron chi connectivity index (χ3n) is 3.08. The molecule has 1 aromatic carbocycles. The third-order valence-corrected chi connectivity index (χ3v) is 3.08. The average Bonchev–Trinajstić information content (AvgIpc) is 2.44. The van der Waals surface area contributed by atoms with Crippen LogP contribution >= 0.6 is 0 Å². The highest BCUT2D eigenvalue weighted by molar-refractivity contribution is 5.74. The van der Waals surface area contributed by atoms with Gasteiger partial charge in [-0.3, -0.25) is 0 Å². The highest BCUT2D eigenvalue weighted by atomic mass is 16.5. The Labute approximate surface area is 120 Å². The van der Waals surface area contributed by atoms with Gasteiger partial charge in [0.05, 0.1) is 25.8 Å². The molecule has 2 amide bonds. The molecular weight excluding hydrogens is 256 g/mol. The summed E-state index contributed by atoms with van der Waals surface area (Å²) >= 11 is 0. The Morgan fingerprint density at radius 1 is 1.20 bits per heavy atom. The van der Waals surface area contributed by atoms with E-state index in [0.717, 1.165) is 11.3 Å². The molecule has 0 aromatic heterocycles. The van der Waals surface area contributed by atoms with Gasteiger partial charge in [0.1, 0.15) is 5.75 Å². The summed E-state index contributed by atoms with van der Waals surface area (Å²) in [7, 11) is 1.62. The lowest BCUT2D eigenvalue weighted by Crippen LogP contribution is -2.44. The monoisotopic (exact) mass is 280 g/mol. The van der Waals surface area contributed by atoms with Gasteiger partial charge >= 0.3 is 6.03 Å². The number of amides is 2. The predicted molar refractivity (Wildman–Crippen MR) is 78.8 cm³/mol. The largest absolute Gasteiger partial charge is 0.497 e. The second-order valence-electron chi connectivity index (χ2n) is 5.20. The summed E-state index contributed by atoms with van der Waals surface area (Å²) in [6, 6.07) is 7.01. The van der Waals surface area contributed by atoms with E-state index in [9.17, 15) is 4.79 Å². The lowest BCUT2D eigenvalue weighted by atomic mass is 9.96. The first-order valence-electron chi connectivity index (χ1n) is 6.79. The molecule has 3 N–H and O–H groups in total. The number of methoxy groups -OCH3 is 1. The van der Waals surface area contributed by atoms with E-state index in [4.69, 9.17) is 9.84 Å². The van der Waals surface area contributed by atoms with Crippen LogP contribution in [-0.4, -0.2) is 30.9 Å². The number of rotatable bonds is 6. The van der Waals surface area contributed by atoms with E-state index in [-0.39, 0.29) is 30.6 Å². The summed E-state index contributed by atoms with van der Waals surface area (Å²) in [6.07, 6.45) is 0. The molecule has 2 unspecified atom stereocenters. The molecule has 112 valence electrons. The van der Waals surface area contributed by atoms with Gasteiger partial charge < -0.3 is 20.5 Å². The molecule has 0 radical (unpaired) electrons. The molecule has 5 heteroatoms. The SMILES string of the molecule is COc1ccc(C(NC(=O)NC(C)CO)C(C)C)cc1. The molecule has 0 heterocycles. The Bertz CT molecular complexity index is 418. The molecule has 0 aliphatic heterocycles. The van der Waals surface area contributed by atoms with E-state index in [1.54, 1.807) is 14.0 Å². The van der Waals surface area contributed by atoms with E-state index >= 15 is 0 Å². The van der Waals surface area contributed by atoms with E-state index in [0.29, 0.717) is 0 Å². The first-order valence-corrected chi connectivity index (χ1v) is 6.79. The zero-order valence-electron chi connectivity index (χ0n) is 12.5. The van der Waals surface area contributed by atoms with E-state index < -0.39 is 0 Å². The first-order chi connectivity index (χ1) is 9.47. The summed E-state index contributed by atoms with van der Waals surface area (Å²) in [4.78, 5) is 11.9. The number of urea groups is 1. The quantitative estimate of drug-likeness (QED) is 0.747. The molecule has 20 heavy (non-hydrogen) atoms. The van der Waals surface area contributed by atoms with Gasteiger partial charge in [-0.1, -0.05) is 26.0 Å². The van der Waals surface area contributed by atoms with E-state index in [1.807, 2.05) is 38.1 Å². The fourth-order valence-corrected chi connectivity index (χ4v) is 1.90. The van der Waals surface area contributed by atoms with Crippen molar-refractivity contribution in [3.05, 3.63) is 29.8 Å². The number of nitrogens with one attached hydrogen (secondary N) is 2. The van der Waals surface area contributed by atoms with Crippen LogP contribution in [0.4, 0.5) is 4.79 Å². The normalized spacial score (nSPS) is 13.7. The van der Waals surface area contributed by atoms with Crippen molar-refractivity contribution in [1.82, 2.24) is 10.6 Å². The minimum Gasteiger partial charge on any atom is -0.497 e. The molecule has 0 aliphatic rings. The lowest BCUT2D eigenvalue weighted by Gasteiger charge is -2.24. The summed E-state index contributed by atoms with van der Waals surface area (Å²) in [6.45, 7) is 5.76. The standard InChI is InChI=1S/C15H24N2O3/c1-10(2)14(17-15(19)16-11(3)9-18)12-5-7-13(20-4)8-6-12/h5-8,10-11,14,18H,9H2,1-4H3,(H2,16,17,19). The summed E-state index contributed by atoms with van der Waals surface area (Å²) < 4.78 is 5.13. The summed E-state index contributed by atoms with van der Waals surface area (Å²) in [5, 5.41) is 14.6. The summed E-state index contributed by atoms with van der Waals surface area (Å²) in [5.74, 6) is 1.04. The second kappa shape index (κ2) is 7.75. The van der Waals surface area contributed by atoms with E-state index in [1.165, 1.54) is 0 Å². The van der Waals surface area contributed by atoms with E-state index in [2.05, 4.69) is 10.6 Å². The van der Waals surface area contributed by atoms with Crippen molar-refractivity contribution in [3.63, 3.8) is 0 Å². The van der Waals surface area contributed by atoms with Gasteiger partial charge in [-0.15, -0.1) is 0 Å².